The Labute approximate surface area is 171 Å². The fourth-order valence-electron chi connectivity index (χ4n) is 3.61. The standard InChI is InChI=1S/C17H18ClN7O3S/c18-13-9-20-8-11-2-1-3-15(16(11)13)29(27,28)25-7-4-12(17(25)19)14(26)5-6-24-10-21-22-23-24/h1-3,8-10,12,17H,4-7,19H2/t12?,17-/m1/s1. The highest BCUT2D eigenvalue weighted by atomic mass is 35.5. The zero-order valence-electron chi connectivity index (χ0n) is 15.2. The van der Waals surface area contributed by atoms with Crippen LogP contribution >= 0.6 is 11.6 Å². The molecule has 0 saturated carbocycles. The van der Waals surface area contributed by atoms with Crippen LogP contribution in [0.4, 0.5) is 0 Å². The van der Waals surface area contributed by atoms with E-state index >= 15 is 0 Å². The van der Waals surface area contributed by atoms with Crippen LogP contribution in [0.3, 0.4) is 0 Å². The summed E-state index contributed by atoms with van der Waals surface area (Å²) in [6, 6.07) is 4.86. The molecule has 0 spiro atoms. The number of nitrogens with two attached hydrogens (primary N) is 1. The van der Waals surface area contributed by atoms with E-state index < -0.39 is 22.1 Å². The lowest BCUT2D eigenvalue weighted by Gasteiger charge is -2.24. The number of benzene rings is 1. The van der Waals surface area contributed by atoms with Gasteiger partial charge in [0.2, 0.25) is 10.0 Å². The highest BCUT2D eigenvalue weighted by Gasteiger charge is 2.43. The van der Waals surface area contributed by atoms with Crippen molar-refractivity contribution in [3.05, 3.63) is 41.9 Å². The summed E-state index contributed by atoms with van der Waals surface area (Å²) in [5.41, 5.74) is 6.21. The smallest absolute Gasteiger partial charge is 0.245 e. The molecule has 1 aromatic carbocycles. The first kappa shape index (κ1) is 19.8. The molecule has 29 heavy (non-hydrogen) atoms. The van der Waals surface area contributed by atoms with Crippen molar-refractivity contribution >= 4 is 38.2 Å². The quantitative estimate of drug-likeness (QED) is 0.601. The highest BCUT2D eigenvalue weighted by Crippen LogP contribution is 2.34. The average molecular weight is 436 g/mol. The first-order chi connectivity index (χ1) is 13.9. The summed E-state index contributed by atoms with van der Waals surface area (Å²) >= 11 is 6.23. The van der Waals surface area contributed by atoms with Crippen LogP contribution in [0.1, 0.15) is 12.8 Å². The van der Waals surface area contributed by atoms with E-state index in [1.165, 1.54) is 27.6 Å². The van der Waals surface area contributed by atoms with Gasteiger partial charge in [-0.1, -0.05) is 23.7 Å². The third-order valence-electron chi connectivity index (χ3n) is 5.08. The maximum Gasteiger partial charge on any atom is 0.245 e. The summed E-state index contributed by atoms with van der Waals surface area (Å²) < 4.78 is 29.3. The van der Waals surface area contributed by atoms with Crippen molar-refractivity contribution in [3.8, 4) is 0 Å². The molecule has 0 bridgehead atoms. The van der Waals surface area contributed by atoms with Crippen LogP contribution in [-0.2, 0) is 21.4 Å². The maximum absolute atomic E-state index is 13.3. The number of Topliss-reactive ketones (excluding diaryl/α,β-unsaturated/α-hetero) is 1. The van der Waals surface area contributed by atoms with Crippen molar-refractivity contribution in [2.75, 3.05) is 6.54 Å². The van der Waals surface area contributed by atoms with E-state index in [-0.39, 0.29) is 28.7 Å². The van der Waals surface area contributed by atoms with Gasteiger partial charge in [0.15, 0.2) is 0 Å². The van der Waals surface area contributed by atoms with Gasteiger partial charge in [0, 0.05) is 42.0 Å². The van der Waals surface area contributed by atoms with Crippen molar-refractivity contribution in [2.45, 2.75) is 30.4 Å². The SMILES string of the molecule is N[C@H]1C(C(=O)CCn2cnnn2)CCN1S(=O)(=O)c1cccc2cncc(Cl)c12. The highest BCUT2D eigenvalue weighted by molar-refractivity contribution is 7.89. The Bertz CT molecular complexity index is 1150. The van der Waals surface area contributed by atoms with Gasteiger partial charge < -0.3 is 5.73 Å². The lowest BCUT2D eigenvalue weighted by molar-refractivity contribution is -0.123. The molecule has 12 heteroatoms. The van der Waals surface area contributed by atoms with E-state index in [0.29, 0.717) is 23.7 Å². The molecule has 0 aliphatic carbocycles. The normalized spacial score (nSPS) is 20.3. The van der Waals surface area contributed by atoms with Crippen LogP contribution in [-0.4, -0.2) is 56.4 Å². The van der Waals surface area contributed by atoms with E-state index in [4.69, 9.17) is 17.3 Å². The first-order valence-electron chi connectivity index (χ1n) is 8.93. The maximum atomic E-state index is 13.3. The molecule has 1 unspecified atom stereocenters. The molecule has 0 radical (unpaired) electrons. The summed E-state index contributed by atoms with van der Waals surface area (Å²) in [5, 5.41) is 12.0. The topological polar surface area (TPSA) is 137 Å². The number of carbonyl (C=O) groups excluding carboxylic acids is 1. The van der Waals surface area contributed by atoms with E-state index in [0.717, 1.165) is 0 Å². The molecule has 3 heterocycles. The molecule has 152 valence electrons. The Balaban J connectivity index is 1.58. The van der Waals surface area contributed by atoms with Crippen molar-refractivity contribution in [3.63, 3.8) is 0 Å². The summed E-state index contributed by atoms with van der Waals surface area (Å²) in [4.78, 5) is 16.7. The molecule has 1 saturated heterocycles. The average Bonchev–Trinajstić information content (AvgIpc) is 3.36. The molecule has 1 aliphatic heterocycles. The number of aryl methyl sites for hydroxylation is 1. The van der Waals surface area contributed by atoms with Gasteiger partial charge in [-0.2, -0.15) is 4.31 Å². The molecule has 1 aliphatic rings. The van der Waals surface area contributed by atoms with E-state index in [9.17, 15) is 13.2 Å². The van der Waals surface area contributed by atoms with E-state index in [1.54, 1.807) is 18.3 Å². The lowest BCUT2D eigenvalue weighted by Crippen LogP contribution is -2.45. The third-order valence-corrected chi connectivity index (χ3v) is 7.31. The Morgan fingerprint density at radius 3 is 2.90 bits per heavy atom. The Morgan fingerprint density at radius 1 is 1.31 bits per heavy atom. The van der Waals surface area contributed by atoms with Crippen LogP contribution in [0.2, 0.25) is 5.02 Å². The van der Waals surface area contributed by atoms with Gasteiger partial charge in [-0.05, 0) is 22.9 Å². The molecule has 4 rings (SSSR count). The van der Waals surface area contributed by atoms with Crippen molar-refractivity contribution in [1.82, 2.24) is 29.5 Å². The minimum Gasteiger partial charge on any atom is -0.314 e. The molecule has 1 fully saturated rings. The number of hydrogen-bond donors (Lipinski definition) is 1. The van der Waals surface area contributed by atoms with Gasteiger partial charge in [-0.25, -0.2) is 13.1 Å². The van der Waals surface area contributed by atoms with Gasteiger partial charge in [0.25, 0.3) is 0 Å². The zero-order chi connectivity index (χ0) is 20.6. The minimum absolute atomic E-state index is 0.0552. The molecule has 0 amide bonds. The molecule has 2 atom stereocenters. The fraction of sp³-hybridized carbons (Fsp3) is 0.353. The second-order valence-electron chi connectivity index (χ2n) is 6.77. The predicted octanol–water partition coefficient (Wildman–Crippen LogP) is 0.830. The summed E-state index contributed by atoms with van der Waals surface area (Å²) in [6.45, 7) is 0.470. The summed E-state index contributed by atoms with van der Waals surface area (Å²) in [6.07, 6.45) is 3.95. The minimum atomic E-state index is -3.96. The zero-order valence-corrected chi connectivity index (χ0v) is 16.8. The number of rotatable bonds is 6. The number of carbonyl (C=O) groups is 1. The van der Waals surface area contributed by atoms with Gasteiger partial charge in [0.1, 0.15) is 12.1 Å². The lowest BCUT2D eigenvalue weighted by atomic mass is 9.98. The number of nitrogens with zero attached hydrogens (tertiary/aromatic N) is 6. The second kappa shape index (κ2) is 7.75. The third kappa shape index (κ3) is 3.62. The van der Waals surface area contributed by atoms with E-state index in [1.807, 2.05) is 0 Å². The molecular weight excluding hydrogens is 418 g/mol. The van der Waals surface area contributed by atoms with Crippen LogP contribution < -0.4 is 5.73 Å². The molecule has 3 aromatic rings. The Kier molecular flexibility index (Phi) is 5.30. The monoisotopic (exact) mass is 435 g/mol. The number of sulfonamides is 1. The van der Waals surface area contributed by atoms with Crippen LogP contribution in [0.15, 0.2) is 41.8 Å². The van der Waals surface area contributed by atoms with Crippen molar-refractivity contribution < 1.29 is 13.2 Å². The van der Waals surface area contributed by atoms with Crippen molar-refractivity contribution in [1.29, 1.82) is 0 Å². The van der Waals surface area contributed by atoms with Crippen LogP contribution in [0, 0.1) is 5.92 Å². The largest absolute Gasteiger partial charge is 0.314 e. The van der Waals surface area contributed by atoms with Crippen LogP contribution in [0.5, 0.6) is 0 Å². The number of halogens is 1. The molecule has 10 nitrogen and oxygen atoms in total. The second-order valence-corrected chi connectivity index (χ2v) is 9.03. The van der Waals surface area contributed by atoms with Crippen molar-refractivity contribution in [2.24, 2.45) is 11.7 Å². The van der Waals surface area contributed by atoms with Gasteiger partial charge in [-0.3, -0.25) is 9.78 Å². The Hall–Kier alpha value is -2.47. The van der Waals surface area contributed by atoms with Crippen LogP contribution in [0.25, 0.3) is 10.8 Å². The number of aromatic nitrogens is 5. The summed E-state index contributed by atoms with van der Waals surface area (Å²) in [5.74, 6) is -0.709. The summed E-state index contributed by atoms with van der Waals surface area (Å²) in [7, 11) is -3.96. The molecule has 2 aromatic heterocycles. The number of hydrogen-bond acceptors (Lipinski definition) is 8. The predicted molar refractivity (Wildman–Crippen MR) is 104 cm³/mol. The van der Waals surface area contributed by atoms with Gasteiger partial charge >= 0.3 is 0 Å². The molecular formula is C17H18ClN7O3S. The van der Waals surface area contributed by atoms with E-state index in [2.05, 4.69) is 20.5 Å². The van der Waals surface area contributed by atoms with Gasteiger partial charge in [-0.15, -0.1) is 5.10 Å². The number of fused-ring (bicyclic) bond motifs is 1. The van der Waals surface area contributed by atoms with Gasteiger partial charge in [0.05, 0.1) is 22.6 Å². The Morgan fingerprint density at radius 2 is 2.14 bits per heavy atom. The number of ketones is 1. The number of pyridine rings is 1. The molecule has 2 N–H and O–H groups in total. The fourth-order valence-corrected chi connectivity index (χ4v) is 5.74. The number of tetrazole rings is 1. The first-order valence-corrected chi connectivity index (χ1v) is 10.7.